The SMILES string of the molecule is O=C(CCCc1c[nH]c2ccccc12)Nc1cccc(Oc2cnccn2)c1. The first-order valence-corrected chi connectivity index (χ1v) is 9.17. The van der Waals surface area contributed by atoms with Crippen molar-refractivity contribution in [2.75, 3.05) is 5.32 Å². The number of benzene rings is 2. The molecule has 0 aliphatic carbocycles. The Kier molecular flexibility index (Phi) is 5.29. The Hall–Kier alpha value is -3.67. The highest BCUT2D eigenvalue weighted by Gasteiger charge is 2.07. The fourth-order valence-electron chi connectivity index (χ4n) is 3.10. The molecule has 0 atom stereocenters. The number of nitrogens with zero attached hydrogens (tertiary/aromatic N) is 2. The summed E-state index contributed by atoms with van der Waals surface area (Å²) in [6.45, 7) is 0. The summed E-state index contributed by atoms with van der Waals surface area (Å²) >= 11 is 0. The molecule has 6 nitrogen and oxygen atoms in total. The van der Waals surface area contributed by atoms with Gasteiger partial charge in [-0.15, -0.1) is 0 Å². The van der Waals surface area contributed by atoms with Crippen LogP contribution in [0.5, 0.6) is 11.6 Å². The molecule has 140 valence electrons. The van der Waals surface area contributed by atoms with E-state index in [1.165, 1.54) is 17.1 Å². The summed E-state index contributed by atoms with van der Waals surface area (Å²) in [6.07, 6.45) is 8.80. The molecule has 0 bridgehead atoms. The van der Waals surface area contributed by atoms with E-state index in [2.05, 4.69) is 32.4 Å². The van der Waals surface area contributed by atoms with Crippen molar-refractivity contribution < 1.29 is 9.53 Å². The lowest BCUT2D eigenvalue weighted by molar-refractivity contribution is -0.116. The lowest BCUT2D eigenvalue weighted by atomic mass is 10.1. The van der Waals surface area contributed by atoms with Gasteiger partial charge in [0.15, 0.2) is 0 Å². The summed E-state index contributed by atoms with van der Waals surface area (Å²) in [4.78, 5) is 23.6. The van der Waals surface area contributed by atoms with Crippen molar-refractivity contribution in [3.8, 4) is 11.6 Å². The van der Waals surface area contributed by atoms with E-state index in [-0.39, 0.29) is 5.91 Å². The van der Waals surface area contributed by atoms with Gasteiger partial charge in [0.1, 0.15) is 5.75 Å². The normalized spacial score (nSPS) is 10.7. The Labute approximate surface area is 162 Å². The number of rotatable bonds is 7. The van der Waals surface area contributed by atoms with Crippen molar-refractivity contribution in [2.24, 2.45) is 0 Å². The highest BCUT2D eigenvalue weighted by molar-refractivity contribution is 5.91. The molecular weight excluding hydrogens is 352 g/mol. The van der Waals surface area contributed by atoms with E-state index in [0.717, 1.165) is 18.4 Å². The standard InChI is InChI=1S/C22H20N4O2/c27-21(10-3-5-16-14-25-20-9-2-1-8-19(16)20)26-17-6-4-7-18(13-17)28-22-15-23-11-12-24-22/h1-2,4,6-9,11-15,25H,3,5,10H2,(H,26,27). The van der Waals surface area contributed by atoms with Crippen molar-refractivity contribution in [3.05, 3.63) is 78.9 Å². The Morgan fingerprint density at radius 2 is 2.04 bits per heavy atom. The predicted molar refractivity (Wildman–Crippen MR) is 108 cm³/mol. The van der Waals surface area contributed by atoms with Crippen molar-refractivity contribution >= 4 is 22.5 Å². The molecule has 1 amide bonds. The van der Waals surface area contributed by atoms with Gasteiger partial charge in [-0.05, 0) is 36.6 Å². The highest BCUT2D eigenvalue weighted by Crippen LogP contribution is 2.23. The van der Waals surface area contributed by atoms with Crippen LogP contribution < -0.4 is 10.1 Å². The maximum absolute atomic E-state index is 12.3. The Balaban J connectivity index is 1.30. The van der Waals surface area contributed by atoms with Crippen LogP contribution >= 0.6 is 0 Å². The average Bonchev–Trinajstić information content (AvgIpc) is 3.12. The number of amides is 1. The fraction of sp³-hybridized carbons (Fsp3) is 0.136. The largest absolute Gasteiger partial charge is 0.437 e. The zero-order valence-electron chi connectivity index (χ0n) is 15.3. The molecule has 4 aromatic rings. The number of carbonyl (C=O) groups is 1. The second kappa shape index (κ2) is 8.35. The van der Waals surface area contributed by atoms with Crippen LogP contribution in [0.1, 0.15) is 18.4 Å². The van der Waals surface area contributed by atoms with Gasteiger partial charge in [0.25, 0.3) is 0 Å². The van der Waals surface area contributed by atoms with E-state index in [4.69, 9.17) is 4.74 Å². The maximum atomic E-state index is 12.3. The molecule has 0 radical (unpaired) electrons. The van der Waals surface area contributed by atoms with Crippen molar-refractivity contribution in [2.45, 2.75) is 19.3 Å². The van der Waals surface area contributed by atoms with Gasteiger partial charge in [-0.2, -0.15) is 0 Å². The lowest BCUT2D eigenvalue weighted by Crippen LogP contribution is -2.11. The minimum atomic E-state index is -0.0171. The van der Waals surface area contributed by atoms with Gasteiger partial charge in [0, 0.05) is 47.7 Å². The molecule has 0 unspecified atom stereocenters. The summed E-state index contributed by atoms with van der Waals surface area (Å²) in [6, 6.07) is 15.4. The van der Waals surface area contributed by atoms with Gasteiger partial charge in [-0.1, -0.05) is 24.3 Å². The van der Waals surface area contributed by atoms with Crippen molar-refractivity contribution in [1.82, 2.24) is 15.0 Å². The second-order valence-corrected chi connectivity index (χ2v) is 6.43. The zero-order valence-corrected chi connectivity index (χ0v) is 15.3. The van der Waals surface area contributed by atoms with Crippen LogP contribution in [0.15, 0.2) is 73.3 Å². The number of nitrogens with one attached hydrogen (secondary N) is 2. The quantitative estimate of drug-likeness (QED) is 0.492. The molecule has 28 heavy (non-hydrogen) atoms. The maximum Gasteiger partial charge on any atom is 0.237 e. The molecule has 2 heterocycles. The molecule has 0 saturated heterocycles. The fourth-order valence-corrected chi connectivity index (χ4v) is 3.10. The van der Waals surface area contributed by atoms with E-state index in [0.29, 0.717) is 23.7 Å². The van der Waals surface area contributed by atoms with E-state index in [1.807, 2.05) is 30.5 Å². The third-order valence-electron chi connectivity index (χ3n) is 4.40. The van der Waals surface area contributed by atoms with Gasteiger partial charge in [-0.25, -0.2) is 4.98 Å². The van der Waals surface area contributed by atoms with Gasteiger partial charge < -0.3 is 15.0 Å². The molecule has 0 fully saturated rings. The Bertz CT molecular complexity index is 1080. The van der Waals surface area contributed by atoms with Crippen LogP contribution in [-0.2, 0) is 11.2 Å². The van der Waals surface area contributed by atoms with Crippen LogP contribution in [-0.4, -0.2) is 20.9 Å². The monoisotopic (exact) mass is 372 g/mol. The minimum Gasteiger partial charge on any atom is -0.437 e. The van der Waals surface area contributed by atoms with E-state index >= 15 is 0 Å². The Morgan fingerprint density at radius 3 is 2.93 bits per heavy atom. The zero-order chi connectivity index (χ0) is 19.2. The van der Waals surface area contributed by atoms with Crippen LogP contribution in [0.2, 0.25) is 0 Å². The van der Waals surface area contributed by atoms with Gasteiger partial charge in [0.2, 0.25) is 11.8 Å². The summed E-state index contributed by atoms with van der Waals surface area (Å²) < 4.78 is 5.64. The smallest absolute Gasteiger partial charge is 0.237 e. The number of aromatic amines is 1. The number of para-hydroxylation sites is 1. The van der Waals surface area contributed by atoms with Crippen molar-refractivity contribution in [1.29, 1.82) is 0 Å². The highest BCUT2D eigenvalue weighted by atomic mass is 16.5. The molecule has 2 aromatic heterocycles. The topological polar surface area (TPSA) is 79.9 Å². The number of aromatic nitrogens is 3. The van der Waals surface area contributed by atoms with Gasteiger partial charge >= 0.3 is 0 Å². The summed E-state index contributed by atoms with van der Waals surface area (Å²) in [7, 11) is 0. The molecule has 6 heteroatoms. The number of hydrogen-bond acceptors (Lipinski definition) is 4. The number of ether oxygens (including phenoxy) is 1. The number of fused-ring (bicyclic) bond motifs is 1. The molecule has 0 aliphatic rings. The van der Waals surface area contributed by atoms with Crippen LogP contribution in [0.4, 0.5) is 5.69 Å². The second-order valence-electron chi connectivity index (χ2n) is 6.43. The van der Waals surface area contributed by atoms with Crippen LogP contribution in [0.25, 0.3) is 10.9 Å². The molecule has 0 saturated carbocycles. The van der Waals surface area contributed by atoms with E-state index in [9.17, 15) is 4.79 Å². The molecule has 2 aromatic carbocycles. The molecule has 0 spiro atoms. The predicted octanol–water partition coefficient (Wildman–Crippen LogP) is 4.71. The lowest BCUT2D eigenvalue weighted by Gasteiger charge is -2.08. The first-order chi connectivity index (χ1) is 13.8. The van der Waals surface area contributed by atoms with Gasteiger partial charge in [-0.3, -0.25) is 9.78 Å². The van der Waals surface area contributed by atoms with Crippen LogP contribution in [0, 0.1) is 0 Å². The first-order valence-electron chi connectivity index (χ1n) is 9.17. The van der Waals surface area contributed by atoms with E-state index < -0.39 is 0 Å². The van der Waals surface area contributed by atoms with Crippen LogP contribution in [0.3, 0.4) is 0 Å². The number of hydrogen-bond donors (Lipinski definition) is 2. The minimum absolute atomic E-state index is 0.0171. The number of aryl methyl sites for hydroxylation is 1. The number of carbonyl (C=O) groups excluding carboxylic acids is 1. The molecule has 4 rings (SSSR count). The Morgan fingerprint density at radius 1 is 1.11 bits per heavy atom. The number of anilines is 1. The number of H-pyrrole nitrogens is 1. The van der Waals surface area contributed by atoms with E-state index in [1.54, 1.807) is 24.5 Å². The third kappa shape index (κ3) is 4.35. The molecule has 0 aliphatic heterocycles. The third-order valence-corrected chi connectivity index (χ3v) is 4.40. The summed E-state index contributed by atoms with van der Waals surface area (Å²) in [5.74, 6) is 0.985. The molecular formula is C22H20N4O2. The summed E-state index contributed by atoms with van der Waals surface area (Å²) in [5, 5.41) is 4.14. The summed E-state index contributed by atoms with van der Waals surface area (Å²) in [5.41, 5.74) is 3.06. The molecule has 2 N–H and O–H groups in total. The first kappa shape index (κ1) is 17.7. The average molecular weight is 372 g/mol. The van der Waals surface area contributed by atoms with Gasteiger partial charge in [0.05, 0.1) is 6.20 Å². The van der Waals surface area contributed by atoms with Crippen molar-refractivity contribution in [3.63, 3.8) is 0 Å².